The minimum atomic E-state index is -0.597. The van der Waals surface area contributed by atoms with Gasteiger partial charge in [-0.2, -0.15) is 0 Å². The lowest BCUT2D eigenvalue weighted by Crippen LogP contribution is -2.30. The number of anilines is 1. The lowest BCUT2D eigenvalue weighted by molar-refractivity contribution is -0.113. The van der Waals surface area contributed by atoms with Gasteiger partial charge >= 0.3 is 0 Å². The fourth-order valence-electron chi connectivity index (χ4n) is 3.76. The first-order valence-electron chi connectivity index (χ1n) is 12.7. The number of hydrogen-bond acceptors (Lipinski definition) is 4. The van der Waals surface area contributed by atoms with Gasteiger partial charge in [0, 0.05) is 32.4 Å². The molecule has 206 valence electrons. The second-order valence-corrected chi connectivity index (χ2v) is 9.56. The number of hydrogen-bond donors (Lipinski definition) is 2. The van der Waals surface area contributed by atoms with Crippen LogP contribution in [0.4, 0.5) is 5.69 Å². The zero-order valence-corrected chi connectivity index (χ0v) is 23.6. The smallest absolute Gasteiger partial charge is 0.272 e. The summed E-state index contributed by atoms with van der Waals surface area (Å²) in [5, 5.41) is 6.03. The summed E-state index contributed by atoms with van der Waals surface area (Å²) in [6.45, 7) is 2.50. The largest absolute Gasteiger partial charge is 0.494 e. The van der Waals surface area contributed by atoms with Gasteiger partial charge in [-0.3, -0.25) is 14.4 Å². The van der Waals surface area contributed by atoms with E-state index >= 15 is 0 Å². The zero-order valence-electron chi connectivity index (χ0n) is 22.1. The number of carbonyl (C=O) groups is 3. The third kappa shape index (κ3) is 8.18. The molecule has 0 saturated carbocycles. The highest BCUT2D eigenvalue weighted by atomic mass is 35.5. The molecule has 4 rings (SSSR count). The van der Waals surface area contributed by atoms with Crippen molar-refractivity contribution in [1.29, 1.82) is 0 Å². The molecule has 8 heteroatoms. The van der Waals surface area contributed by atoms with Crippen LogP contribution in [-0.2, 0) is 4.79 Å². The first-order valence-corrected chi connectivity index (χ1v) is 13.5. The van der Waals surface area contributed by atoms with E-state index in [1.54, 1.807) is 78.9 Å². The van der Waals surface area contributed by atoms with Crippen molar-refractivity contribution in [3.63, 3.8) is 0 Å². The van der Waals surface area contributed by atoms with Crippen molar-refractivity contribution in [2.24, 2.45) is 0 Å². The predicted molar refractivity (Wildman–Crippen MR) is 164 cm³/mol. The number of carbonyl (C=O) groups excluding carboxylic acids is 3. The highest BCUT2D eigenvalue weighted by molar-refractivity contribution is 6.37. The Morgan fingerprint density at radius 1 is 0.780 bits per heavy atom. The topological polar surface area (TPSA) is 84.5 Å². The molecule has 4 aromatic carbocycles. The first-order chi connectivity index (χ1) is 19.8. The minimum absolute atomic E-state index is 0.0627. The third-order valence-electron chi connectivity index (χ3n) is 5.86. The van der Waals surface area contributed by atoms with Gasteiger partial charge < -0.3 is 15.4 Å². The summed E-state index contributed by atoms with van der Waals surface area (Å²) in [7, 11) is 0. The number of allylic oxidation sites excluding steroid dienone is 1. The molecular formula is C33H26Cl2N2O4. The molecule has 0 aliphatic carbocycles. The van der Waals surface area contributed by atoms with Gasteiger partial charge in [0.15, 0.2) is 5.78 Å². The third-order valence-corrected chi connectivity index (χ3v) is 6.52. The van der Waals surface area contributed by atoms with E-state index in [-0.39, 0.29) is 11.5 Å². The summed E-state index contributed by atoms with van der Waals surface area (Å²) in [4.78, 5) is 38.8. The number of halogens is 2. The molecule has 0 unspecified atom stereocenters. The number of ketones is 1. The number of amides is 2. The Kier molecular flexibility index (Phi) is 10.1. The lowest BCUT2D eigenvalue weighted by atomic mass is 10.1. The molecule has 2 N–H and O–H groups in total. The molecule has 0 aromatic heterocycles. The standard InChI is InChI=1S/C33H26Cl2N2O4/c1-2-41-26-18-11-22(12-19-26)13-20-31(38)23-14-16-25(17-15-23)36-33(40)30(21-27-28(34)9-6-10-29(27)35)37-32(39)24-7-4-3-5-8-24/h3-21H,2H2,1H3,(H,36,40)(H,37,39)/b20-13+,30-21-. The summed E-state index contributed by atoms with van der Waals surface area (Å²) < 4.78 is 5.43. The van der Waals surface area contributed by atoms with Gasteiger partial charge in [0.05, 0.1) is 6.61 Å². The van der Waals surface area contributed by atoms with Crippen LogP contribution in [0.1, 0.15) is 38.8 Å². The van der Waals surface area contributed by atoms with E-state index in [2.05, 4.69) is 10.6 Å². The van der Waals surface area contributed by atoms with Gasteiger partial charge in [-0.25, -0.2) is 0 Å². The van der Waals surface area contributed by atoms with E-state index in [4.69, 9.17) is 27.9 Å². The second-order valence-electron chi connectivity index (χ2n) is 8.74. The van der Waals surface area contributed by atoms with Crippen LogP contribution in [0.25, 0.3) is 12.2 Å². The summed E-state index contributed by atoms with van der Waals surface area (Å²) in [6.07, 6.45) is 4.63. The fraction of sp³-hybridized carbons (Fsp3) is 0.0606. The maximum atomic E-state index is 13.3. The van der Waals surface area contributed by atoms with Crippen LogP contribution in [0, 0.1) is 0 Å². The van der Waals surface area contributed by atoms with Crippen molar-refractivity contribution in [2.75, 3.05) is 11.9 Å². The highest BCUT2D eigenvalue weighted by Crippen LogP contribution is 2.27. The SMILES string of the molecule is CCOc1ccc(/C=C/C(=O)c2ccc(NC(=O)/C(=C/c3c(Cl)cccc3Cl)NC(=O)c3ccccc3)cc2)cc1. The molecule has 4 aromatic rings. The molecule has 0 saturated heterocycles. The number of rotatable bonds is 10. The van der Waals surface area contributed by atoms with Crippen molar-refractivity contribution in [3.05, 3.63) is 141 Å². The lowest BCUT2D eigenvalue weighted by Gasteiger charge is -2.12. The molecule has 0 aliphatic rings. The van der Waals surface area contributed by atoms with Crippen molar-refractivity contribution in [1.82, 2.24) is 5.32 Å². The monoisotopic (exact) mass is 584 g/mol. The quantitative estimate of drug-likeness (QED) is 0.148. The molecule has 0 fully saturated rings. The maximum Gasteiger partial charge on any atom is 0.272 e. The van der Waals surface area contributed by atoms with Crippen molar-refractivity contribution < 1.29 is 19.1 Å². The summed E-state index contributed by atoms with van der Waals surface area (Å²) in [6, 6.07) is 27.3. The second kappa shape index (κ2) is 14.1. The van der Waals surface area contributed by atoms with Crippen molar-refractivity contribution in [2.45, 2.75) is 6.92 Å². The Morgan fingerprint density at radius 3 is 2.07 bits per heavy atom. The van der Waals surface area contributed by atoms with Gasteiger partial charge in [-0.15, -0.1) is 0 Å². The van der Waals surface area contributed by atoms with E-state index in [1.807, 2.05) is 31.2 Å². The van der Waals surface area contributed by atoms with Gasteiger partial charge in [-0.05, 0) is 85.3 Å². The van der Waals surface area contributed by atoms with E-state index < -0.39 is 11.8 Å². The summed E-state index contributed by atoms with van der Waals surface area (Å²) >= 11 is 12.6. The van der Waals surface area contributed by atoms with Gasteiger partial charge in [0.25, 0.3) is 11.8 Å². The molecule has 0 spiro atoms. The Labute approximate surface area is 248 Å². The van der Waals surface area contributed by atoms with E-state index in [1.165, 1.54) is 12.2 Å². The van der Waals surface area contributed by atoms with Gasteiger partial charge in [0.2, 0.25) is 0 Å². The van der Waals surface area contributed by atoms with Crippen molar-refractivity contribution >= 4 is 58.6 Å². The molecule has 6 nitrogen and oxygen atoms in total. The van der Waals surface area contributed by atoms with E-state index in [0.29, 0.717) is 39.0 Å². The van der Waals surface area contributed by atoms with Crippen LogP contribution < -0.4 is 15.4 Å². The maximum absolute atomic E-state index is 13.3. The van der Waals surface area contributed by atoms with Crippen LogP contribution >= 0.6 is 23.2 Å². The molecule has 0 bridgehead atoms. The van der Waals surface area contributed by atoms with E-state index in [9.17, 15) is 14.4 Å². The Bertz CT molecular complexity index is 1580. The predicted octanol–water partition coefficient (Wildman–Crippen LogP) is 7.70. The minimum Gasteiger partial charge on any atom is -0.494 e. The Hall–Kier alpha value is -4.65. The zero-order chi connectivity index (χ0) is 29.2. The summed E-state index contributed by atoms with van der Waals surface area (Å²) in [5.41, 5.74) is 2.43. The Balaban J connectivity index is 1.49. The van der Waals surface area contributed by atoms with Crippen LogP contribution in [0.15, 0.2) is 109 Å². The van der Waals surface area contributed by atoms with Crippen molar-refractivity contribution in [3.8, 4) is 5.75 Å². The molecule has 0 aliphatic heterocycles. The average molecular weight is 585 g/mol. The highest BCUT2D eigenvalue weighted by Gasteiger charge is 2.17. The normalized spacial score (nSPS) is 11.2. The molecule has 0 radical (unpaired) electrons. The Morgan fingerprint density at radius 2 is 1.44 bits per heavy atom. The number of nitrogens with one attached hydrogen (secondary N) is 2. The molecule has 2 amide bonds. The first kappa shape index (κ1) is 29.3. The van der Waals surface area contributed by atoms with Crippen LogP contribution in [0.5, 0.6) is 5.75 Å². The summed E-state index contributed by atoms with van der Waals surface area (Å²) in [5.74, 6) is -0.503. The van der Waals surface area contributed by atoms with E-state index in [0.717, 1.165) is 11.3 Å². The molecule has 0 atom stereocenters. The number of ether oxygens (including phenoxy) is 1. The van der Waals surface area contributed by atoms with Crippen LogP contribution in [0.3, 0.4) is 0 Å². The molecule has 41 heavy (non-hydrogen) atoms. The van der Waals surface area contributed by atoms with Crippen LogP contribution in [0.2, 0.25) is 10.0 Å². The van der Waals surface area contributed by atoms with Gasteiger partial charge in [-0.1, -0.05) is 65.7 Å². The van der Waals surface area contributed by atoms with Crippen LogP contribution in [-0.4, -0.2) is 24.2 Å². The fourth-order valence-corrected chi connectivity index (χ4v) is 4.27. The molecule has 0 heterocycles. The van der Waals surface area contributed by atoms with Gasteiger partial charge in [0.1, 0.15) is 11.4 Å². The molecular weight excluding hydrogens is 559 g/mol. The average Bonchev–Trinajstić information content (AvgIpc) is 2.99. The number of benzene rings is 4.